The Labute approximate surface area is 144 Å². The van der Waals surface area contributed by atoms with E-state index in [-0.39, 0.29) is 24.6 Å². The van der Waals surface area contributed by atoms with Gasteiger partial charge in [0.15, 0.2) is 5.75 Å². The van der Waals surface area contributed by atoms with Crippen molar-refractivity contribution in [3.8, 4) is 5.75 Å². The van der Waals surface area contributed by atoms with Gasteiger partial charge in [0.05, 0.1) is 43.4 Å². The third-order valence-corrected chi connectivity index (χ3v) is 4.19. The number of aromatic nitrogens is 4. The number of nitrogens with one attached hydrogen (secondary N) is 1. The molecule has 130 valence electrons. The van der Waals surface area contributed by atoms with Crippen LogP contribution in [0.5, 0.6) is 5.75 Å². The average Bonchev–Trinajstić information content (AvgIpc) is 3.31. The molecule has 1 aromatic carbocycles. The van der Waals surface area contributed by atoms with Gasteiger partial charge in [-0.05, 0) is 6.07 Å². The average molecular weight is 341 g/mol. The van der Waals surface area contributed by atoms with Crippen LogP contribution in [0, 0.1) is 0 Å². The van der Waals surface area contributed by atoms with E-state index in [2.05, 4.69) is 15.5 Å². The summed E-state index contributed by atoms with van der Waals surface area (Å²) in [6.45, 7) is 1.02. The van der Waals surface area contributed by atoms with Gasteiger partial charge in [0.25, 0.3) is 0 Å². The van der Waals surface area contributed by atoms with E-state index in [1.165, 1.54) is 0 Å². The van der Waals surface area contributed by atoms with Crippen LogP contribution in [0.4, 0.5) is 0 Å². The number of carbonyl (C=O) groups excluding carboxylic acids is 1. The number of hydrogen-bond acceptors (Lipinski definition) is 5. The largest absolute Gasteiger partial charge is 0.482 e. The highest BCUT2D eigenvalue weighted by Crippen LogP contribution is 2.17. The predicted octanol–water partition coefficient (Wildman–Crippen LogP) is 0.732. The van der Waals surface area contributed by atoms with Crippen molar-refractivity contribution in [2.75, 3.05) is 13.2 Å². The third kappa shape index (κ3) is 3.34. The van der Waals surface area contributed by atoms with Crippen LogP contribution in [0.2, 0.25) is 0 Å². The molecule has 2 atom stereocenters. The number of hydrogen-bond donors (Lipinski definition) is 1. The van der Waals surface area contributed by atoms with E-state index in [0.717, 1.165) is 10.9 Å². The summed E-state index contributed by atoms with van der Waals surface area (Å²) < 4.78 is 14.7. The standard InChI is InChI=1S/C17H19N5O3/c1-21-8-13(7-18-21)25-16-11-24-10-14(16)20-17(23)9-22-15-5-3-2-4-12(15)6-19-22/h2-8,14,16H,9-11H2,1H3,(H,20,23)/t14-,16+/m0/s1. The lowest BCUT2D eigenvalue weighted by atomic mass is 10.2. The first-order chi connectivity index (χ1) is 12.2. The van der Waals surface area contributed by atoms with Gasteiger partial charge in [0.1, 0.15) is 12.6 Å². The van der Waals surface area contributed by atoms with Crippen LogP contribution in [-0.4, -0.2) is 50.8 Å². The first-order valence-electron chi connectivity index (χ1n) is 8.12. The number of ether oxygens (including phenoxy) is 2. The monoisotopic (exact) mass is 341 g/mol. The van der Waals surface area contributed by atoms with Crippen LogP contribution in [0.15, 0.2) is 42.9 Å². The minimum Gasteiger partial charge on any atom is -0.482 e. The molecule has 2 aromatic heterocycles. The Bertz CT molecular complexity index is 887. The van der Waals surface area contributed by atoms with Crippen LogP contribution in [0.1, 0.15) is 0 Å². The summed E-state index contributed by atoms with van der Waals surface area (Å²) >= 11 is 0. The Morgan fingerprint density at radius 1 is 1.32 bits per heavy atom. The van der Waals surface area contributed by atoms with E-state index in [0.29, 0.717) is 19.0 Å². The number of benzene rings is 1. The summed E-state index contributed by atoms with van der Waals surface area (Å²) in [7, 11) is 1.83. The number of aryl methyl sites for hydroxylation is 1. The molecular weight excluding hydrogens is 322 g/mol. The van der Waals surface area contributed by atoms with Gasteiger partial charge < -0.3 is 14.8 Å². The minimum absolute atomic E-state index is 0.121. The summed E-state index contributed by atoms with van der Waals surface area (Å²) in [6.07, 6.45) is 4.96. The molecule has 0 radical (unpaired) electrons. The molecule has 8 heteroatoms. The van der Waals surface area contributed by atoms with Crippen LogP contribution in [0.25, 0.3) is 10.9 Å². The number of nitrogens with zero attached hydrogens (tertiary/aromatic N) is 4. The summed E-state index contributed by atoms with van der Waals surface area (Å²) in [5.41, 5.74) is 0.934. The molecule has 4 rings (SSSR count). The number of para-hydroxylation sites is 1. The van der Waals surface area contributed by atoms with Crippen LogP contribution >= 0.6 is 0 Å². The second kappa shape index (κ2) is 6.56. The molecular formula is C17H19N5O3. The zero-order chi connectivity index (χ0) is 17.2. The maximum atomic E-state index is 12.4. The molecule has 0 bridgehead atoms. The topological polar surface area (TPSA) is 83.2 Å². The summed E-state index contributed by atoms with van der Waals surface area (Å²) in [5, 5.41) is 12.4. The Hall–Kier alpha value is -2.87. The Kier molecular flexibility index (Phi) is 4.10. The zero-order valence-corrected chi connectivity index (χ0v) is 13.8. The lowest BCUT2D eigenvalue weighted by Crippen LogP contribution is -2.46. The fraction of sp³-hybridized carbons (Fsp3) is 0.353. The van der Waals surface area contributed by atoms with Gasteiger partial charge in [-0.2, -0.15) is 10.2 Å². The second-order valence-electron chi connectivity index (χ2n) is 6.08. The van der Waals surface area contributed by atoms with Gasteiger partial charge >= 0.3 is 0 Å². The fourth-order valence-electron chi connectivity index (χ4n) is 2.96. The molecule has 0 saturated carbocycles. The van der Waals surface area contributed by atoms with E-state index in [9.17, 15) is 4.79 Å². The molecule has 3 aromatic rings. The molecule has 1 aliphatic rings. The highest BCUT2D eigenvalue weighted by molar-refractivity contribution is 5.82. The van der Waals surface area contributed by atoms with E-state index >= 15 is 0 Å². The second-order valence-corrected chi connectivity index (χ2v) is 6.08. The zero-order valence-electron chi connectivity index (χ0n) is 13.8. The minimum atomic E-state index is -0.234. The van der Waals surface area contributed by atoms with Gasteiger partial charge in [-0.15, -0.1) is 0 Å². The van der Waals surface area contributed by atoms with Crippen LogP contribution in [0.3, 0.4) is 0 Å². The molecule has 1 N–H and O–H groups in total. The van der Waals surface area contributed by atoms with Crippen molar-refractivity contribution in [1.29, 1.82) is 0 Å². The summed E-state index contributed by atoms with van der Waals surface area (Å²) in [6, 6.07) is 7.60. The van der Waals surface area contributed by atoms with Gasteiger partial charge in [-0.3, -0.25) is 14.2 Å². The van der Waals surface area contributed by atoms with Crippen molar-refractivity contribution in [3.05, 3.63) is 42.9 Å². The maximum absolute atomic E-state index is 12.4. The molecule has 0 spiro atoms. The molecule has 3 heterocycles. The van der Waals surface area contributed by atoms with Crippen LogP contribution in [-0.2, 0) is 23.1 Å². The Morgan fingerprint density at radius 3 is 3.04 bits per heavy atom. The van der Waals surface area contributed by atoms with Crippen molar-refractivity contribution in [2.24, 2.45) is 7.05 Å². The lowest BCUT2D eigenvalue weighted by Gasteiger charge is -2.19. The number of carbonyl (C=O) groups is 1. The first-order valence-corrected chi connectivity index (χ1v) is 8.12. The fourth-order valence-corrected chi connectivity index (χ4v) is 2.96. The molecule has 1 amide bonds. The van der Waals surface area contributed by atoms with Gasteiger partial charge in [-0.1, -0.05) is 18.2 Å². The predicted molar refractivity (Wildman–Crippen MR) is 90.1 cm³/mol. The van der Waals surface area contributed by atoms with Gasteiger partial charge in [0, 0.05) is 12.4 Å². The number of rotatable bonds is 5. The smallest absolute Gasteiger partial charge is 0.242 e. The van der Waals surface area contributed by atoms with Crippen LogP contribution < -0.4 is 10.1 Å². The van der Waals surface area contributed by atoms with Crippen molar-refractivity contribution in [1.82, 2.24) is 24.9 Å². The van der Waals surface area contributed by atoms with Gasteiger partial charge in [-0.25, -0.2) is 0 Å². The molecule has 0 aliphatic carbocycles. The lowest BCUT2D eigenvalue weighted by molar-refractivity contribution is -0.122. The first kappa shape index (κ1) is 15.6. The van der Waals surface area contributed by atoms with E-state index in [1.807, 2.05) is 31.3 Å². The highest BCUT2D eigenvalue weighted by atomic mass is 16.5. The van der Waals surface area contributed by atoms with E-state index in [1.54, 1.807) is 28.0 Å². The van der Waals surface area contributed by atoms with Gasteiger partial charge in [0.2, 0.25) is 5.91 Å². The molecule has 25 heavy (non-hydrogen) atoms. The summed E-state index contributed by atoms with van der Waals surface area (Å²) in [5.74, 6) is 0.541. The van der Waals surface area contributed by atoms with E-state index in [4.69, 9.17) is 9.47 Å². The molecule has 8 nitrogen and oxygen atoms in total. The quantitative estimate of drug-likeness (QED) is 0.740. The van der Waals surface area contributed by atoms with Crippen molar-refractivity contribution >= 4 is 16.8 Å². The SMILES string of the molecule is Cn1cc(O[C@@H]2COC[C@@H]2NC(=O)Cn2ncc3ccccc32)cn1. The highest BCUT2D eigenvalue weighted by Gasteiger charge is 2.31. The maximum Gasteiger partial charge on any atom is 0.242 e. The Balaban J connectivity index is 1.39. The molecule has 0 unspecified atom stereocenters. The molecule has 1 aliphatic heterocycles. The number of amides is 1. The number of fused-ring (bicyclic) bond motifs is 1. The van der Waals surface area contributed by atoms with Crippen molar-refractivity contribution in [3.63, 3.8) is 0 Å². The normalized spacial score (nSPS) is 20.0. The van der Waals surface area contributed by atoms with Crippen molar-refractivity contribution in [2.45, 2.75) is 18.7 Å². The van der Waals surface area contributed by atoms with E-state index < -0.39 is 0 Å². The summed E-state index contributed by atoms with van der Waals surface area (Å²) in [4.78, 5) is 12.4. The third-order valence-electron chi connectivity index (χ3n) is 4.19. The molecule has 1 fully saturated rings. The van der Waals surface area contributed by atoms with Crippen molar-refractivity contribution < 1.29 is 14.3 Å². The Morgan fingerprint density at radius 2 is 2.20 bits per heavy atom. The molecule has 1 saturated heterocycles.